The SMILES string of the molecule is Cn1nc2c(c1C(=O)N1CCCCCNC(=O)CC1)CCCC2. The van der Waals surface area contributed by atoms with Crippen LogP contribution < -0.4 is 5.32 Å². The average molecular weight is 318 g/mol. The van der Waals surface area contributed by atoms with Gasteiger partial charge in [0.05, 0.1) is 5.69 Å². The quantitative estimate of drug-likeness (QED) is 0.852. The predicted molar refractivity (Wildman–Crippen MR) is 87.2 cm³/mol. The van der Waals surface area contributed by atoms with E-state index in [1.54, 1.807) is 4.68 Å². The van der Waals surface area contributed by atoms with Gasteiger partial charge in [0.15, 0.2) is 0 Å². The summed E-state index contributed by atoms with van der Waals surface area (Å²) >= 11 is 0. The summed E-state index contributed by atoms with van der Waals surface area (Å²) < 4.78 is 1.75. The van der Waals surface area contributed by atoms with Crippen LogP contribution in [-0.2, 0) is 24.7 Å². The van der Waals surface area contributed by atoms with Crippen molar-refractivity contribution in [3.05, 3.63) is 17.0 Å². The molecule has 23 heavy (non-hydrogen) atoms. The molecule has 1 N–H and O–H groups in total. The number of carbonyl (C=O) groups is 2. The first-order valence-corrected chi connectivity index (χ1v) is 8.77. The molecule has 6 nitrogen and oxygen atoms in total. The number of nitrogens with one attached hydrogen (secondary N) is 1. The summed E-state index contributed by atoms with van der Waals surface area (Å²) in [5, 5.41) is 7.46. The van der Waals surface area contributed by atoms with E-state index in [0.717, 1.165) is 75.0 Å². The Morgan fingerprint density at radius 1 is 1.04 bits per heavy atom. The van der Waals surface area contributed by atoms with Gasteiger partial charge in [-0.25, -0.2) is 0 Å². The van der Waals surface area contributed by atoms with E-state index >= 15 is 0 Å². The molecule has 0 spiro atoms. The standard InChI is InChI=1S/C17H26N4O2/c1-20-16(13-7-3-4-8-14(13)19-20)17(23)21-11-6-2-5-10-18-15(22)9-12-21/h2-12H2,1H3,(H,18,22). The van der Waals surface area contributed by atoms with Crippen LogP contribution in [0.5, 0.6) is 0 Å². The maximum Gasteiger partial charge on any atom is 0.272 e. The maximum absolute atomic E-state index is 13.1. The third-order valence-corrected chi connectivity index (χ3v) is 4.84. The minimum absolute atomic E-state index is 0.0384. The number of hydrogen-bond acceptors (Lipinski definition) is 3. The largest absolute Gasteiger partial charge is 0.356 e. The molecule has 1 aliphatic carbocycles. The molecular formula is C17H26N4O2. The molecule has 6 heteroatoms. The molecule has 3 rings (SSSR count). The molecular weight excluding hydrogens is 292 g/mol. The van der Waals surface area contributed by atoms with E-state index < -0.39 is 0 Å². The van der Waals surface area contributed by atoms with Gasteiger partial charge in [-0.1, -0.05) is 0 Å². The van der Waals surface area contributed by atoms with E-state index in [-0.39, 0.29) is 11.8 Å². The highest BCUT2D eigenvalue weighted by Crippen LogP contribution is 2.25. The van der Waals surface area contributed by atoms with E-state index in [1.165, 1.54) is 0 Å². The van der Waals surface area contributed by atoms with Crippen LogP contribution in [0.4, 0.5) is 0 Å². The van der Waals surface area contributed by atoms with Crippen LogP contribution in [-0.4, -0.2) is 46.1 Å². The highest BCUT2D eigenvalue weighted by atomic mass is 16.2. The summed E-state index contributed by atoms with van der Waals surface area (Å²) in [7, 11) is 1.86. The zero-order valence-electron chi connectivity index (χ0n) is 13.9. The Hall–Kier alpha value is -1.85. The van der Waals surface area contributed by atoms with E-state index in [2.05, 4.69) is 10.4 Å². The molecule has 2 heterocycles. The normalized spacial score (nSPS) is 19.9. The molecule has 1 aromatic rings. The van der Waals surface area contributed by atoms with Gasteiger partial charge in [-0.15, -0.1) is 0 Å². The minimum atomic E-state index is 0.0384. The highest BCUT2D eigenvalue weighted by Gasteiger charge is 2.27. The van der Waals surface area contributed by atoms with E-state index in [1.807, 2.05) is 11.9 Å². The number of aromatic nitrogens is 2. The first-order valence-electron chi connectivity index (χ1n) is 8.77. The van der Waals surface area contributed by atoms with E-state index in [4.69, 9.17) is 0 Å². The van der Waals surface area contributed by atoms with Crippen LogP contribution >= 0.6 is 0 Å². The van der Waals surface area contributed by atoms with Gasteiger partial charge in [0.2, 0.25) is 5.91 Å². The molecule has 1 fully saturated rings. The van der Waals surface area contributed by atoms with Crippen molar-refractivity contribution in [2.45, 2.75) is 51.4 Å². The van der Waals surface area contributed by atoms with Crippen molar-refractivity contribution in [3.8, 4) is 0 Å². The number of hydrogen-bond donors (Lipinski definition) is 1. The van der Waals surface area contributed by atoms with Gasteiger partial charge >= 0.3 is 0 Å². The number of amides is 2. The zero-order valence-corrected chi connectivity index (χ0v) is 13.9. The molecule has 0 aromatic carbocycles. The summed E-state index contributed by atoms with van der Waals surface area (Å²) in [6.07, 6.45) is 7.58. The van der Waals surface area contributed by atoms with E-state index in [9.17, 15) is 9.59 Å². The van der Waals surface area contributed by atoms with Crippen molar-refractivity contribution >= 4 is 11.8 Å². The lowest BCUT2D eigenvalue weighted by Gasteiger charge is -2.24. The van der Waals surface area contributed by atoms with Crippen LogP contribution in [0.25, 0.3) is 0 Å². The number of aryl methyl sites for hydroxylation is 2. The second-order valence-corrected chi connectivity index (χ2v) is 6.56. The van der Waals surface area contributed by atoms with Crippen LogP contribution in [0.15, 0.2) is 0 Å². The van der Waals surface area contributed by atoms with Crippen molar-refractivity contribution < 1.29 is 9.59 Å². The molecule has 1 aliphatic heterocycles. The van der Waals surface area contributed by atoms with Crippen LogP contribution in [0, 0.1) is 0 Å². The second-order valence-electron chi connectivity index (χ2n) is 6.56. The summed E-state index contributed by atoms with van der Waals surface area (Å²) in [4.78, 5) is 26.7. The molecule has 1 saturated heterocycles. The topological polar surface area (TPSA) is 67.2 Å². The summed E-state index contributed by atoms with van der Waals surface area (Å²) in [5.41, 5.74) is 2.95. The average Bonchev–Trinajstić information content (AvgIpc) is 2.88. The van der Waals surface area contributed by atoms with Crippen molar-refractivity contribution in [1.82, 2.24) is 20.0 Å². The van der Waals surface area contributed by atoms with Gasteiger partial charge < -0.3 is 10.2 Å². The Bertz CT molecular complexity index is 594. The Morgan fingerprint density at radius 3 is 2.74 bits per heavy atom. The summed E-state index contributed by atoms with van der Waals surface area (Å²) in [5.74, 6) is 0.0771. The fourth-order valence-electron chi connectivity index (χ4n) is 3.57. The van der Waals surface area contributed by atoms with Crippen LogP contribution in [0.1, 0.15) is 60.3 Å². The molecule has 0 unspecified atom stereocenters. The number of fused-ring (bicyclic) bond motifs is 1. The summed E-state index contributed by atoms with van der Waals surface area (Å²) in [6, 6.07) is 0. The monoisotopic (exact) mass is 318 g/mol. The predicted octanol–water partition coefficient (Wildman–Crippen LogP) is 1.43. The second kappa shape index (κ2) is 7.15. The molecule has 0 radical (unpaired) electrons. The van der Waals surface area contributed by atoms with Gasteiger partial charge in [-0.2, -0.15) is 5.10 Å². The fourth-order valence-corrected chi connectivity index (χ4v) is 3.57. The van der Waals surface area contributed by atoms with E-state index in [0.29, 0.717) is 13.0 Å². The highest BCUT2D eigenvalue weighted by molar-refractivity contribution is 5.94. The van der Waals surface area contributed by atoms with Gasteiger partial charge in [0, 0.05) is 38.7 Å². The van der Waals surface area contributed by atoms with Gasteiger partial charge in [0.25, 0.3) is 5.91 Å². The van der Waals surface area contributed by atoms with Crippen molar-refractivity contribution in [3.63, 3.8) is 0 Å². The number of nitrogens with zero attached hydrogens (tertiary/aromatic N) is 3. The zero-order chi connectivity index (χ0) is 16.2. The Balaban J connectivity index is 1.80. The molecule has 2 amide bonds. The van der Waals surface area contributed by atoms with Gasteiger partial charge in [0.1, 0.15) is 5.69 Å². The lowest BCUT2D eigenvalue weighted by atomic mass is 9.95. The van der Waals surface area contributed by atoms with Crippen LogP contribution in [0.3, 0.4) is 0 Å². The van der Waals surface area contributed by atoms with Crippen molar-refractivity contribution in [2.75, 3.05) is 19.6 Å². The molecule has 0 atom stereocenters. The van der Waals surface area contributed by atoms with Gasteiger partial charge in [-0.3, -0.25) is 14.3 Å². The maximum atomic E-state index is 13.1. The fraction of sp³-hybridized carbons (Fsp3) is 0.706. The molecule has 126 valence electrons. The smallest absolute Gasteiger partial charge is 0.272 e. The molecule has 0 bridgehead atoms. The summed E-state index contributed by atoms with van der Waals surface area (Å²) in [6.45, 7) is 1.97. The van der Waals surface area contributed by atoms with Crippen molar-refractivity contribution in [2.24, 2.45) is 7.05 Å². The first kappa shape index (κ1) is 16.0. The molecule has 1 aromatic heterocycles. The van der Waals surface area contributed by atoms with Crippen LogP contribution in [0.2, 0.25) is 0 Å². The van der Waals surface area contributed by atoms with Gasteiger partial charge in [-0.05, 0) is 44.9 Å². The Labute approximate surface area is 137 Å². The molecule has 2 aliphatic rings. The lowest BCUT2D eigenvalue weighted by Crippen LogP contribution is -2.38. The Morgan fingerprint density at radius 2 is 1.87 bits per heavy atom. The lowest BCUT2D eigenvalue weighted by molar-refractivity contribution is -0.121. The first-order chi connectivity index (χ1) is 11.2. The number of carbonyl (C=O) groups excluding carboxylic acids is 2. The molecule has 0 saturated carbocycles. The third-order valence-electron chi connectivity index (χ3n) is 4.84. The number of rotatable bonds is 1. The Kier molecular flexibility index (Phi) is 4.98. The minimum Gasteiger partial charge on any atom is -0.356 e. The van der Waals surface area contributed by atoms with Crippen molar-refractivity contribution in [1.29, 1.82) is 0 Å². The third kappa shape index (κ3) is 3.57.